The van der Waals surface area contributed by atoms with Crippen molar-refractivity contribution in [1.29, 1.82) is 0 Å². The number of sulfonamides is 1. The van der Waals surface area contributed by atoms with Gasteiger partial charge in [0.05, 0.1) is 5.75 Å². The van der Waals surface area contributed by atoms with E-state index in [4.69, 9.17) is 4.74 Å². The number of benzene rings is 1. The van der Waals surface area contributed by atoms with E-state index in [1.807, 2.05) is 0 Å². The van der Waals surface area contributed by atoms with Crippen molar-refractivity contribution in [2.24, 2.45) is 4.99 Å². The topological polar surface area (TPSA) is 105 Å². The van der Waals surface area contributed by atoms with Gasteiger partial charge in [0.1, 0.15) is 17.4 Å². The van der Waals surface area contributed by atoms with Gasteiger partial charge in [0.25, 0.3) is 0 Å². The molecule has 1 aliphatic rings. The van der Waals surface area contributed by atoms with Crippen LogP contribution in [-0.4, -0.2) is 49.5 Å². The summed E-state index contributed by atoms with van der Waals surface area (Å²) in [4.78, 5) is 27.2. The molecule has 0 fully saturated rings. The van der Waals surface area contributed by atoms with E-state index >= 15 is 0 Å². The maximum atomic E-state index is 14.4. The van der Waals surface area contributed by atoms with E-state index in [9.17, 15) is 26.8 Å². The maximum Gasteiger partial charge on any atom is 0.414 e. The van der Waals surface area contributed by atoms with Gasteiger partial charge in [0.15, 0.2) is 11.6 Å². The first kappa shape index (κ1) is 21.7. The molecule has 0 saturated carbocycles. The first-order valence-corrected chi connectivity index (χ1v) is 9.80. The van der Waals surface area contributed by atoms with E-state index in [-0.39, 0.29) is 5.56 Å². The zero-order valence-corrected chi connectivity index (χ0v) is 16.9. The molecule has 1 aromatic carbocycles. The van der Waals surface area contributed by atoms with Crippen LogP contribution in [-0.2, 0) is 20.3 Å². The summed E-state index contributed by atoms with van der Waals surface area (Å²) >= 11 is 0. The average molecular weight is 417 g/mol. The van der Waals surface area contributed by atoms with Crippen LogP contribution in [0.2, 0.25) is 0 Å². The van der Waals surface area contributed by atoms with Gasteiger partial charge in [-0.3, -0.25) is 10.1 Å². The SMILES string of the molecule is CN1C(NC(=O)OC(C)(C)C)=N[C@](C)(c2cc(C=O)cc(F)c2F)CS1(=O)=O. The number of aliphatic imine (C=N–C) groups is 1. The minimum Gasteiger partial charge on any atom is -0.444 e. The van der Waals surface area contributed by atoms with Crippen LogP contribution in [0.3, 0.4) is 0 Å². The molecule has 2 rings (SSSR count). The number of guanidine groups is 1. The van der Waals surface area contributed by atoms with E-state index in [1.54, 1.807) is 20.8 Å². The van der Waals surface area contributed by atoms with Crippen LogP contribution < -0.4 is 5.32 Å². The van der Waals surface area contributed by atoms with Gasteiger partial charge in [-0.2, -0.15) is 0 Å². The van der Waals surface area contributed by atoms with Crippen molar-refractivity contribution in [3.8, 4) is 0 Å². The van der Waals surface area contributed by atoms with Gasteiger partial charge < -0.3 is 4.74 Å². The molecule has 154 valence electrons. The van der Waals surface area contributed by atoms with Crippen LogP contribution in [0.1, 0.15) is 43.6 Å². The lowest BCUT2D eigenvalue weighted by Crippen LogP contribution is -2.54. The number of carbonyl (C=O) groups excluding carboxylic acids is 2. The number of ether oxygens (including phenoxy) is 1. The Kier molecular flexibility index (Phi) is 5.52. The minimum atomic E-state index is -4.05. The third kappa shape index (κ3) is 4.46. The molecule has 1 atom stereocenters. The molecule has 1 aromatic rings. The van der Waals surface area contributed by atoms with E-state index in [1.165, 1.54) is 6.92 Å². The summed E-state index contributed by atoms with van der Waals surface area (Å²) in [6.07, 6.45) is -0.659. The van der Waals surface area contributed by atoms with Crippen LogP contribution in [0.4, 0.5) is 13.6 Å². The van der Waals surface area contributed by atoms with Crippen molar-refractivity contribution in [2.75, 3.05) is 12.8 Å². The number of nitrogens with zero attached hydrogens (tertiary/aromatic N) is 2. The summed E-state index contributed by atoms with van der Waals surface area (Å²) in [5.74, 6) is -3.75. The second kappa shape index (κ2) is 7.12. The van der Waals surface area contributed by atoms with Crippen molar-refractivity contribution in [2.45, 2.75) is 38.8 Å². The molecule has 1 N–H and O–H groups in total. The van der Waals surface area contributed by atoms with Crippen LogP contribution in [0, 0.1) is 11.6 Å². The summed E-state index contributed by atoms with van der Waals surface area (Å²) in [6.45, 7) is 6.11. The molecule has 0 aliphatic carbocycles. The Bertz CT molecular complexity index is 956. The molecule has 0 radical (unpaired) electrons. The number of carbonyl (C=O) groups is 2. The molecule has 28 heavy (non-hydrogen) atoms. The number of alkyl carbamates (subject to hydrolysis) is 1. The van der Waals surface area contributed by atoms with Gasteiger partial charge in [-0.05, 0) is 39.8 Å². The van der Waals surface area contributed by atoms with E-state index in [0.717, 1.165) is 17.4 Å². The molecule has 1 aliphatic heterocycles. The predicted octanol–water partition coefficient (Wildman–Crippen LogP) is 2.15. The summed E-state index contributed by atoms with van der Waals surface area (Å²) in [5.41, 5.74) is -3.24. The quantitative estimate of drug-likeness (QED) is 0.743. The largest absolute Gasteiger partial charge is 0.444 e. The molecule has 0 bridgehead atoms. The highest BCUT2D eigenvalue weighted by molar-refractivity contribution is 7.89. The van der Waals surface area contributed by atoms with Crippen LogP contribution in [0.25, 0.3) is 0 Å². The fourth-order valence-corrected chi connectivity index (χ4v) is 4.10. The molecule has 8 nitrogen and oxygen atoms in total. The highest BCUT2D eigenvalue weighted by atomic mass is 32.2. The molecule has 0 saturated heterocycles. The van der Waals surface area contributed by atoms with Crippen molar-refractivity contribution in [3.63, 3.8) is 0 Å². The Morgan fingerprint density at radius 2 is 1.96 bits per heavy atom. The molecular weight excluding hydrogens is 396 g/mol. The molecule has 1 heterocycles. The summed E-state index contributed by atoms with van der Waals surface area (Å²) in [5, 5.41) is 2.22. The minimum absolute atomic E-state index is 0.177. The van der Waals surface area contributed by atoms with Gasteiger partial charge in [-0.1, -0.05) is 0 Å². The highest BCUT2D eigenvalue weighted by Gasteiger charge is 2.43. The third-order valence-corrected chi connectivity index (χ3v) is 5.85. The number of hydrogen-bond acceptors (Lipinski definition) is 6. The summed E-state index contributed by atoms with van der Waals surface area (Å²) < 4.78 is 59.2. The second-order valence-corrected chi connectivity index (χ2v) is 9.54. The molecule has 0 unspecified atom stereocenters. The van der Waals surface area contributed by atoms with Crippen molar-refractivity contribution in [3.05, 3.63) is 34.9 Å². The summed E-state index contributed by atoms with van der Waals surface area (Å²) in [7, 11) is -2.89. The third-order valence-electron chi connectivity index (χ3n) is 3.91. The number of aldehydes is 1. The lowest BCUT2D eigenvalue weighted by atomic mass is 9.92. The Balaban J connectivity index is 2.57. The zero-order chi connectivity index (χ0) is 21.5. The van der Waals surface area contributed by atoms with Gasteiger partial charge in [-0.15, -0.1) is 0 Å². The number of halogens is 2. The van der Waals surface area contributed by atoms with Crippen molar-refractivity contribution in [1.82, 2.24) is 9.62 Å². The lowest BCUT2D eigenvalue weighted by Gasteiger charge is -2.36. The smallest absolute Gasteiger partial charge is 0.414 e. The maximum absolute atomic E-state index is 14.4. The van der Waals surface area contributed by atoms with Gasteiger partial charge >= 0.3 is 6.09 Å². The summed E-state index contributed by atoms with van der Waals surface area (Å²) in [6, 6.07) is 1.73. The molecular formula is C17H21F2N3O5S. The fraction of sp³-hybridized carbons (Fsp3) is 0.471. The van der Waals surface area contributed by atoms with E-state index in [2.05, 4.69) is 10.3 Å². The normalized spacial score (nSPS) is 21.7. The number of hydrogen-bond donors (Lipinski definition) is 1. The van der Waals surface area contributed by atoms with Crippen molar-refractivity contribution < 1.29 is 31.5 Å². The van der Waals surface area contributed by atoms with Crippen LogP contribution >= 0.6 is 0 Å². The number of rotatable bonds is 2. The van der Waals surface area contributed by atoms with Crippen molar-refractivity contribution >= 4 is 28.4 Å². The van der Waals surface area contributed by atoms with Crippen LogP contribution in [0.5, 0.6) is 0 Å². The Morgan fingerprint density at radius 1 is 1.36 bits per heavy atom. The molecule has 11 heteroatoms. The highest BCUT2D eigenvalue weighted by Crippen LogP contribution is 2.35. The Hall–Kier alpha value is -2.56. The molecule has 1 amide bonds. The van der Waals surface area contributed by atoms with Crippen LogP contribution in [0.15, 0.2) is 17.1 Å². The first-order chi connectivity index (χ1) is 12.7. The monoisotopic (exact) mass is 417 g/mol. The number of amides is 1. The Morgan fingerprint density at radius 3 is 2.50 bits per heavy atom. The Labute approximate surface area is 161 Å². The molecule has 0 spiro atoms. The lowest BCUT2D eigenvalue weighted by molar-refractivity contribution is 0.0559. The van der Waals surface area contributed by atoms with Gasteiger partial charge in [-0.25, -0.2) is 31.3 Å². The fourth-order valence-electron chi connectivity index (χ4n) is 2.63. The van der Waals surface area contributed by atoms with Gasteiger partial charge in [0, 0.05) is 18.2 Å². The predicted molar refractivity (Wildman–Crippen MR) is 97.5 cm³/mol. The number of nitrogens with one attached hydrogen (secondary N) is 1. The first-order valence-electron chi connectivity index (χ1n) is 8.20. The zero-order valence-electron chi connectivity index (χ0n) is 16.0. The standard InChI is InChI=1S/C17H21F2N3O5S/c1-16(2,3)27-15(24)20-14-21-17(4,9-28(25,26)22(14)5)11-6-10(8-23)7-12(18)13(11)19/h6-8H,9H2,1-5H3,(H,20,21,24)/t17-/m0/s1. The van der Waals surface area contributed by atoms with Gasteiger partial charge in [0.2, 0.25) is 16.0 Å². The van der Waals surface area contributed by atoms with E-state index < -0.39 is 56.2 Å². The second-order valence-electron chi connectivity index (χ2n) is 7.54. The average Bonchev–Trinajstić information content (AvgIpc) is 2.52. The van der Waals surface area contributed by atoms with E-state index in [0.29, 0.717) is 12.4 Å². The molecule has 0 aromatic heterocycles.